The van der Waals surface area contributed by atoms with Crippen LogP contribution in [0.15, 0.2) is 53.4 Å². The Morgan fingerprint density at radius 3 is 2.04 bits per heavy atom. The van der Waals surface area contributed by atoms with Gasteiger partial charge in [0, 0.05) is 4.90 Å². The Kier molecular flexibility index (Phi) is 6.58. The number of benzene rings is 2. The average molecular weight is 442 g/mol. The molecule has 0 unspecified atom stereocenters. The summed E-state index contributed by atoms with van der Waals surface area (Å²) >= 11 is -0.691. The molecule has 0 radical (unpaired) electrons. The van der Waals surface area contributed by atoms with Crippen molar-refractivity contribution in [2.75, 3.05) is 0 Å². The van der Waals surface area contributed by atoms with Gasteiger partial charge >= 0.3 is 20.6 Å². The van der Waals surface area contributed by atoms with E-state index in [1.54, 1.807) is 24.3 Å². The van der Waals surface area contributed by atoms with Gasteiger partial charge in [-0.3, -0.25) is 4.55 Å². The average Bonchev–Trinajstić information content (AvgIpc) is 2.60. The molecule has 5 nitrogen and oxygen atoms in total. The number of ether oxygens (including phenoxy) is 1. The molecule has 0 aliphatic heterocycles. The number of hydrogen-bond acceptors (Lipinski definition) is 5. The van der Waals surface area contributed by atoms with Gasteiger partial charge in [0.25, 0.3) is 0 Å². The summed E-state index contributed by atoms with van der Waals surface area (Å²) < 4.78 is 88.2. The Balaban J connectivity index is 2.02. The lowest BCUT2D eigenvalue weighted by molar-refractivity contribution is -0.0946. The fraction of sp³-hybridized carbons (Fsp3) is 0.200. The number of halogens is 4. The third-order valence-electron chi connectivity index (χ3n) is 3.34. The van der Waals surface area contributed by atoms with Crippen LogP contribution < -0.4 is 9.92 Å². The molecule has 148 valence electrons. The molecule has 0 saturated heterocycles. The van der Waals surface area contributed by atoms with Crippen LogP contribution in [0, 0.1) is 0 Å². The van der Waals surface area contributed by atoms with Crippen molar-refractivity contribution >= 4 is 36.8 Å². The Morgan fingerprint density at radius 1 is 1.00 bits per heavy atom. The second-order valence-electron chi connectivity index (χ2n) is 5.35. The summed E-state index contributed by atoms with van der Waals surface area (Å²) in [5.74, 6) is 0.282. The van der Waals surface area contributed by atoms with E-state index in [1.165, 1.54) is 12.1 Å². The molecular formula is C15H14F4O5S2Si. The van der Waals surface area contributed by atoms with Crippen molar-refractivity contribution in [3.05, 3.63) is 54.1 Å². The largest absolute Gasteiger partial charge is 0.489 e. The molecule has 2 aromatic rings. The van der Waals surface area contributed by atoms with Gasteiger partial charge < -0.3 is 9.53 Å². The predicted molar refractivity (Wildman–Crippen MR) is 94.9 cm³/mol. The lowest BCUT2D eigenvalue weighted by Gasteiger charge is -2.22. The molecule has 0 amide bonds. The topological polar surface area (TPSA) is 83.8 Å². The van der Waals surface area contributed by atoms with Crippen LogP contribution in [0.5, 0.6) is 5.75 Å². The highest BCUT2D eigenvalue weighted by Gasteiger charge is 2.66. The van der Waals surface area contributed by atoms with Gasteiger partial charge in [0.05, 0.1) is 0 Å². The van der Waals surface area contributed by atoms with Gasteiger partial charge in [-0.1, -0.05) is 24.3 Å². The van der Waals surface area contributed by atoms with Gasteiger partial charge in [-0.05, 0) is 46.8 Å². The predicted octanol–water partition coefficient (Wildman–Crippen LogP) is 2.13. The highest BCUT2D eigenvalue weighted by molar-refractivity contribution is 8.01. The first-order valence-electron chi connectivity index (χ1n) is 7.29. The molecule has 0 saturated carbocycles. The summed E-state index contributed by atoms with van der Waals surface area (Å²) in [6, 6.07) is 11.7. The SMILES string of the molecule is O=S(=O)(O)C(F)(F)C(F)(F)Sc1ccc(OCc2ccc([SiH2]O)cc2)cc1. The van der Waals surface area contributed by atoms with Crippen LogP contribution in [0.4, 0.5) is 17.6 Å². The van der Waals surface area contributed by atoms with Crippen LogP contribution in [0.3, 0.4) is 0 Å². The molecule has 0 spiro atoms. The molecule has 2 rings (SSSR count). The van der Waals surface area contributed by atoms with Crippen LogP contribution in [-0.4, -0.2) is 38.0 Å². The van der Waals surface area contributed by atoms with E-state index in [2.05, 4.69) is 0 Å². The van der Waals surface area contributed by atoms with Crippen molar-refractivity contribution in [3.63, 3.8) is 0 Å². The summed E-state index contributed by atoms with van der Waals surface area (Å²) in [5.41, 5.74) is 0.805. The summed E-state index contributed by atoms with van der Waals surface area (Å²) in [5, 5.41) is -9.84. The molecule has 0 aromatic heterocycles. The lowest BCUT2D eigenvalue weighted by atomic mass is 10.2. The maximum atomic E-state index is 13.5. The van der Waals surface area contributed by atoms with Crippen LogP contribution in [0.25, 0.3) is 0 Å². The van der Waals surface area contributed by atoms with Crippen molar-refractivity contribution in [1.82, 2.24) is 0 Å². The first-order chi connectivity index (χ1) is 12.5. The summed E-state index contributed by atoms with van der Waals surface area (Å²) in [6.45, 7) is 0.163. The first kappa shape index (κ1) is 21.7. The van der Waals surface area contributed by atoms with Crippen molar-refractivity contribution in [2.24, 2.45) is 0 Å². The highest BCUT2D eigenvalue weighted by Crippen LogP contribution is 2.49. The summed E-state index contributed by atoms with van der Waals surface area (Å²) in [7, 11) is -7.51. The molecule has 0 bridgehead atoms. The van der Waals surface area contributed by atoms with Gasteiger partial charge in [0.1, 0.15) is 12.4 Å². The molecule has 0 fully saturated rings. The van der Waals surface area contributed by atoms with Gasteiger partial charge in [0.15, 0.2) is 9.76 Å². The molecule has 12 heteroatoms. The van der Waals surface area contributed by atoms with Gasteiger partial charge in [-0.15, -0.1) is 0 Å². The maximum Gasteiger partial charge on any atom is 0.442 e. The van der Waals surface area contributed by atoms with Crippen LogP contribution in [0.1, 0.15) is 5.56 Å². The van der Waals surface area contributed by atoms with Crippen LogP contribution >= 0.6 is 11.8 Å². The Morgan fingerprint density at radius 2 is 1.56 bits per heavy atom. The van der Waals surface area contributed by atoms with E-state index in [9.17, 15) is 26.0 Å². The van der Waals surface area contributed by atoms with Crippen molar-refractivity contribution in [3.8, 4) is 5.75 Å². The zero-order chi connectivity index (χ0) is 20.3. The Hall–Kier alpha value is -1.60. The lowest BCUT2D eigenvalue weighted by Crippen LogP contribution is -2.44. The van der Waals surface area contributed by atoms with Crippen molar-refractivity contribution in [1.29, 1.82) is 0 Å². The Bertz CT molecular complexity index is 874. The molecule has 2 aromatic carbocycles. The molecule has 0 aliphatic carbocycles. The number of thioether (sulfide) groups is 1. The van der Waals surface area contributed by atoms with E-state index < -0.39 is 42.2 Å². The quantitative estimate of drug-likeness (QED) is 0.282. The fourth-order valence-corrected chi connectivity index (χ4v) is 3.74. The van der Waals surface area contributed by atoms with Crippen molar-refractivity contribution < 1.29 is 40.1 Å². The minimum atomic E-state index is -6.27. The molecule has 0 aliphatic rings. The zero-order valence-corrected chi connectivity index (χ0v) is 16.5. The molecule has 0 atom stereocenters. The monoisotopic (exact) mass is 442 g/mol. The third kappa shape index (κ3) is 5.22. The number of hydrogen-bond donors (Lipinski definition) is 2. The second-order valence-corrected chi connectivity index (χ2v) is 9.13. The van der Waals surface area contributed by atoms with E-state index in [0.717, 1.165) is 22.9 Å². The molecule has 0 heterocycles. The first-order valence-corrected chi connectivity index (χ1v) is 10.9. The second kappa shape index (κ2) is 8.18. The van der Waals surface area contributed by atoms with Crippen molar-refractivity contribution in [2.45, 2.75) is 22.0 Å². The van der Waals surface area contributed by atoms with E-state index in [-0.39, 0.29) is 17.3 Å². The normalized spacial score (nSPS) is 13.3. The Labute approximate surface area is 159 Å². The van der Waals surface area contributed by atoms with Crippen LogP contribution in [-0.2, 0) is 16.7 Å². The maximum absolute atomic E-state index is 13.5. The minimum Gasteiger partial charge on any atom is -0.489 e. The number of alkyl halides is 4. The molecular weight excluding hydrogens is 428 g/mol. The van der Waals surface area contributed by atoms with E-state index in [4.69, 9.17) is 14.1 Å². The highest BCUT2D eigenvalue weighted by atomic mass is 32.2. The van der Waals surface area contributed by atoms with Gasteiger partial charge in [-0.25, -0.2) is 0 Å². The van der Waals surface area contributed by atoms with E-state index in [0.29, 0.717) is 0 Å². The van der Waals surface area contributed by atoms with E-state index >= 15 is 0 Å². The smallest absolute Gasteiger partial charge is 0.442 e. The third-order valence-corrected chi connectivity index (χ3v) is 6.23. The molecule has 2 N–H and O–H groups in total. The van der Waals surface area contributed by atoms with Gasteiger partial charge in [0.2, 0.25) is 0 Å². The number of rotatable bonds is 8. The summed E-state index contributed by atoms with van der Waals surface area (Å²) in [6.07, 6.45) is 0. The fourth-order valence-electron chi connectivity index (χ4n) is 1.87. The summed E-state index contributed by atoms with van der Waals surface area (Å²) in [4.78, 5) is 8.76. The standard InChI is InChI=1S/C15H14F4O5S2Si/c16-14(17,15(18,19)26(20,21)22)25-12-5-3-11(4-6-12)24-9-10-1-7-13(27-23)8-2-10/h1-8,23H,9,27H2,(H,20,21,22). The van der Waals surface area contributed by atoms with E-state index in [1.807, 2.05) is 0 Å². The van der Waals surface area contributed by atoms with Crippen LogP contribution in [0.2, 0.25) is 0 Å². The minimum absolute atomic E-state index is 0.163. The zero-order valence-electron chi connectivity index (χ0n) is 13.5. The molecule has 27 heavy (non-hydrogen) atoms. The van der Waals surface area contributed by atoms with Gasteiger partial charge in [-0.2, -0.15) is 26.0 Å².